The molecule has 19 heavy (non-hydrogen) atoms. The van der Waals surface area contributed by atoms with E-state index < -0.39 is 0 Å². The predicted molar refractivity (Wildman–Crippen MR) is 75.8 cm³/mol. The van der Waals surface area contributed by atoms with E-state index in [0.717, 1.165) is 19.6 Å². The molecule has 1 aromatic rings. The first-order valence-electron chi connectivity index (χ1n) is 6.42. The standard InChI is InChI=1S/C12H20ClN5O/c1-12(2,3)8-14-10-15-9(13)16-11(17-10)18-4-6-19-7-5-18/h4-8H2,1-3H3,(H,14,15,16,17). The molecule has 7 heteroatoms. The van der Waals surface area contributed by atoms with Crippen molar-refractivity contribution in [3.8, 4) is 0 Å². The highest BCUT2D eigenvalue weighted by Crippen LogP contribution is 2.17. The summed E-state index contributed by atoms with van der Waals surface area (Å²) in [6.45, 7) is 10.1. The summed E-state index contributed by atoms with van der Waals surface area (Å²) >= 11 is 5.96. The van der Waals surface area contributed by atoms with E-state index in [1.807, 2.05) is 0 Å². The number of anilines is 2. The third-order valence-electron chi connectivity index (χ3n) is 2.67. The summed E-state index contributed by atoms with van der Waals surface area (Å²) in [5.74, 6) is 1.14. The quantitative estimate of drug-likeness (QED) is 0.914. The predicted octanol–water partition coefficient (Wildman–Crippen LogP) is 1.82. The summed E-state index contributed by atoms with van der Waals surface area (Å²) in [5, 5.41) is 3.42. The van der Waals surface area contributed by atoms with Crippen molar-refractivity contribution in [1.29, 1.82) is 0 Å². The molecule has 0 atom stereocenters. The van der Waals surface area contributed by atoms with Crippen LogP contribution in [0.1, 0.15) is 20.8 Å². The summed E-state index contributed by atoms with van der Waals surface area (Å²) in [7, 11) is 0. The Bertz CT molecular complexity index is 429. The lowest BCUT2D eigenvalue weighted by Crippen LogP contribution is -2.37. The number of hydrogen-bond donors (Lipinski definition) is 1. The smallest absolute Gasteiger partial charge is 0.231 e. The Labute approximate surface area is 118 Å². The van der Waals surface area contributed by atoms with Crippen molar-refractivity contribution in [3.63, 3.8) is 0 Å². The molecule has 0 aliphatic carbocycles. The minimum Gasteiger partial charge on any atom is -0.378 e. The van der Waals surface area contributed by atoms with E-state index in [1.165, 1.54) is 0 Å². The molecule has 0 saturated carbocycles. The molecule has 2 rings (SSSR count). The van der Waals surface area contributed by atoms with Crippen LogP contribution in [-0.4, -0.2) is 47.8 Å². The summed E-state index contributed by atoms with van der Waals surface area (Å²) in [6.07, 6.45) is 0. The van der Waals surface area contributed by atoms with E-state index in [4.69, 9.17) is 16.3 Å². The fourth-order valence-corrected chi connectivity index (χ4v) is 1.82. The molecular formula is C12H20ClN5O. The third-order valence-corrected chi connectivity index (χ3v) is 2.84. The van der Waals surface area contributed by atoms with Crippen LogP contribution in [-0.2, 0) is 4.74 Å². The number of ether oxygens (including phenoxy) is 1. The molecule has 1 aliphatic rings. The molecule has 6 nitrogen and oxygen atoms in total. The lowest BCUT2D eigenvalue weighted by atomic mass is 9.97. The van der Waals surface area contributed by atoms with Crippen LogP contribution in [0.5, 0.6) is 0 Å². The van der Waals surface area contributed by atoms with Crippen molar-refractivity contribution in [3.05, 3.63) is 5.28 Å². The summed E-state index contributed by atoms with van der Waals surface area (Å²) in [6, 6.07) is 0. The van der Waals surface area contributed by atoms with Crippen LogP contribution in [0.25, 0.3) is 0 Å². The van der Waals surface area contributed by atoms with Gasteiger partial charge in [0.25, 0.3) is 0 Å². The summed E-state index contributed by atoms with van der Waals surface area (Å²) in [4.78, 5) is 14.7. The van der Waals surface area contributed by atoms with Gasteiger partial charge < -0.3 is 15.0 Å². The van der Waals surface area contributed by atoms with Crippen LogP contribution in [0.2, 0.25) is 5.28 Å². The number of nitrogens with one attached hydrogen (secondary N) is 1. The van der Waals surface area contributed by atoms with E-state index in [2.05, 4.69) is 45.9 Å². The third kappa shape index (κ3) is 4.47. The SMILES string of the molecule is CC(C)(C)CNc1nc(Cl)nc(N2CCOCC2)n1. The summed E-state index contributed by atoms with van der Waals surface area (Å²) in [5.41, 5.74) is 0.151. The van der Waals surface area contributed by atoms with Crippen LogP contribution < -0.4 is 10.2 Å². The molecule has 0 radical (unpaired) electrons. The molecule has 0 bridgehead atoms. The van der Waals surface area contributed by atoms with Gasteiger partial charge in [-0.2, -0.15) is 15.0 Å². The van der Waals surface area contributed by atoms with Gasteiger partial charge in [-0.15, -0.1) is 0 Å². The van der Waals surface area contributed by atoms with Crippen molar-refractivity contribution < 1.29 is 4.74 Å². The first kappa shape index (κ1) is 14.3. The van der Waals surface area contributed by atoms with Crippen molar-refractivity contribution in [1.82, 2.24) is 15.0 Å². The van der Waals surface area contributed by atoms with Crippen molar-refractivity contribution >= 4 is 23.5 Å². The van der Waals surface area contributed by atoms with Gasteiger partial charge in [0.15, 0.2) is 0 Å². The molecule has 0 aromatic carbocycles. The molecule has 1 N–H and O–H groups in total. The minimum atomic E-state index is 0.151. The maximum absolute atomic E-state index is 5.96. The fraction of sp³-hybridized carbons (Fsp3) is 0.750. The molecule has 106 valence electrons. The second-order valence-electron chi connectivity index (χ2n) is 5.74. The maximum atomic E-state index is 5.96. The highest BCUT2D eigenvalue weighted by Gasteiger charge is 2.17. The zero-order valence-corrected chi connectivity index (χ0v) is 12.4. The topological polar surface area (TPSA) is 63.2 Å². The van der Waals surface area contributed by atoms with E-state index in [9.17, 15) is 0 Å². The van der Waals surface area contributed by atoms with Crippen molar-refractivity contribution in [2.24, 2.45) is 5.41 Å². The molecular weight excluding hydrogens is 266 g/mol. The first-order valence-corrected chi connectivity index (χ1v) is 6.80. The maximum Gasteiger partial charge on any atom is 0.231 e. The van der Waals surface area contributed by atoms with Gasteiger partial charge >= 0.3 is 0 Å². The monoisotopic (exact) mass is 285 g/mol. The average molecular weight is 286 g/mol. The second-order valence-corrected chi connectivity index (χ2v) is 6.08. The van der Waals surface area contributed by atoms with Gasteiger partial charge in [-0.1, -0.05) is 20.8 Å². The largest absolute Gasteiger partial charge is 0.378 e. The Balaban J connectivity index is 2.10. The van der Waals surface area contributed by atoms with E-state index in [1.54, 1.807) is 0 Å². The summed E-state index contributed by atoms with van der Waals surface area (Å²) < 4.78 is 5.31. The van der Waals surface area contributed by atoms with Crippen LogP contribution in [0.3, 0.4) is 0 Å². The van der Waals surface area contributed by atoms with E-state index in [-0.39, 0.29) is 10.7 Å². The Morgan fingerprint density at radius 1 is 1.21 bits per heavy atom. The van der Waals surface area contributed by atoms with Gasteiger partial charge in [-0.3, -0.25) is 0 Å². The van der Waals surface area contributed by atoms with Gasteiger partial charge in [0.2, 0.25) is 17.2 Å². The van der Waals surface area contributed by atoms with Gasteiger partial charge in [0.05, 0.1) is 13.2 Å². The van der Waals surface area contributed by atoms with Gasteiger partial charge in [0.1, 0.15) is 0 Å². The molecule has 1 fully saturated rings. The zero-order valence-electron chi connectivity index (χ0n) is 11.6. The van der Waals surface area contributed by atoms with Crippen LogP contribution in [0, 0.1) is 5.41 Å². The van der Waals surface area contributed by atoms with Crippen LogP contribution in [0.15, 0.2) is 0 Å². The van der Waals surface area contributed by atoms with Gasteiger partial charge in [-0.05, 0) is 17.0 Å². The Morgan fingerprint density at radius 3 is 2.53 bits per heavy atom. The van der Waals surface area contributed by atoms with E-state index >= 15 is 0 Å². The zero-order chi connectivity index (χ0) is 13.9. The fourth-order valence-electron chi connectivity index (χ4n) is 1.67. The second kappa shape index (κ2) is 5.88. The molecule has 2 heterocycles. The minimum absolute atomic E-state index is 0.151. The van der Waals surface area contributed by atoms with E-state index in [0.29, 0.717) is 25.1 Å². The number of nitrogens with zero attached hydrogens (tertiary/aromatic N) is 4. The molecule has 1 aliphatic heterocycles. The molecule has 0 unspecified atom stereocenters. The highest BCUT2D eigenvalue weighted by atomic mass is 35.5. The Hall–Kier alpha value is -1.14. The molecule has 1 saturated heterocycles. The lowest BCUT2D eigenvalue weighted by Gasteiger charge is -2.27. The number of aromatic nitrogens is 3. The van der Waals surface area contributed by atoms with Gasteiger partial charge in [0, 0.05) is 19.6 Å². The highest BCUT2D eigenvalue weighted by molar-refractivity contribution is 6.28. The number of morpholine rings is 1. The molecule has 0 spiro atoms. The lowest BCUT2D eigenvalue weighted by molar-refractivity contribution is 0.122. The first-order chi connectivity index (χ1) is 8.94. The number of hydrogen-bond acceptors (Lipinski definition) is 6. The number of rotatable bonds is 3. The normalized spacial score (nSPS) is 16.5. The molecule has 1 aromatic heterocycles. The van der Waals surface area contributed by atoms with Crippen molar-refractivity contribution in [2.75, 3.05) is 43.1 Å². The average Bonchev–Trinajstić information content (AvgIpc) is 2.36. The number of halogens is 1. The van der Waals surface area contributed by atoms with Gasteiger partial charge in [-0.25, -0.2) is 0 Å². The Kier molecular flexibility index (Phi) is 4.42. The van der Waals surface area contributed by atoms with Crippen LogP contribution >= 0.6 is 11.6 Å². The molecule has 0 amide bonds. The van der Waals surface area contributed by atoms with Crippen LogP contribution in [0.4, 0.5) is 11.9 Å². The Morgan fingerprint density at radius 2 is 1.89 bits per heavy atom. The van der Waals surface area contributed by atoms with Crippen molar-refractivity contribution in [2.45, 2.75) is 20.8 Å².